The highest BCUT2D eigenvalue weighted by molar-refractivity contribution is 5.88. The average Bonchev–Trinajstić information content (AvgIpc) is 2.41. The molecule has 0 aliphatic heterocycles. The van der Waals surface area contributed by atoms with Crippen molar-refractivity contribution in [2.75, 3.05) is 0 Å². The molecule has 104 valence electrons. The summed E-state index contributed by atoms with van der Waals surface area (Å²) >= 11 is 0. The summed E-state index contributed by atoms with van der Waals surface area (Å²) in [6, 6.07) is 5.80. The molecule has 0 saturated carbocycles. The Morgan fingerprint density at radius 2 is 2.00 bits per heavy atom. The molecule has 0 atom stereocenters. The zero-order valence-corrected chi connectivity index (χ0v) is 10.1. The molecule has 1 heterocycles. The Labute approximate surface area is 111 Å². The van der Waals surface area contributed by atoms with E-state index in [0.29, 0.717) is 0 Å². The van der Waals surface area contributed by atoms with Crippen molar-refractivity contribution in [3.8, 4) is 0 Å². The van der Waals surface area contributed by atoms with E-state index in [0.717, 1.165) is 6.20 Å². The van der Waals surface area contributed by atoms with Gasteiger partial charge in [-0.3, -0.25) is 0 Å². The van der Waals surface area contributed by atoms with E-state index in [-0.39, 0.29) is 17.8 Å². The predicted molar refractivity (Wildman–Crippen MR) is 63.2 cm³/mol. The number of benzene rings is 1. The summed E-state index contributed by atoms with van der Waals surface area (Å²) in [6.07, 6.45) is -2.32. The van der Waals surface area contributed by atoms with Crippen LogP contribution in [-0.4, -0.2) is 21.0 Å². The summed E-state index contributed by atoms with van der Waals surface area (Å²) in [5.74, 6) is -2.09. The van der Waals surface area contributed by atoms with Crippen molar-refractivity contribution < 1.29 is 23.1 Å². The van der Waals surface area contributed by atoms with E-state index in [1.54, 1.807) is 6.07 Å². The van der Waals surface area contributed by atoms with Gasteiger partial charge in [0.15, 0.2) is 0 Å². The maximum absolute atomic E-state index is 13.4. The molecule has 1 N–H and O–H groups in total. The molecule has 0 amide bonds. The van der Waals surface area contributed by atoms with Crippen LogP contribution in [-0.2, 0) is 6.42 Å². The van der Waals surface area contributed by atoms with Crippen molar-refractivity contribution in [3.63, 3.8) is 0 Å². The van der Waals surface area contributed by atoms with E-state index in [9.17, 15) is 18.0 Å². The van der Waals surface area contributed by atoms with E-state index >= 15 is 0 Å². The molecule has 1 aromatic heterocycles. The Bertz CT molecular complexity index is 647. The van der Waals surface area contributed by atoms with Crippen molar-refractivity contribution in [3.05, 3.63) is 58.9 Å². The first-order valence-electron chi connectivity index (χ1n) is 5.59. The number of aromatic carboxylic acids is 1. The van der Waals surface area contributed by atoms with Crippen molar-refractivity contribution in [1.82, 2.24) is 9.97 Å². The highest BCUT2D eigenvalue weighted by Crippen LogP contribution is 2.21. The lowest BCUT2D eigenvalue weighted by Gasteiger charge is -2.07. The molecule has 1 aromatic carbocycles. The molecule has 0 aliphatic carbocycles. The average molecular weight is 282 g/mol. The number of hydrogen-bond acceptors (Lipinski definition) is 3. The number of carboxylic acid groups (broad SMARTS) is 1. The van der Waals surface area contributed by atoms with Gasteiger partial charge in [-0.1, -0.05) is 18.2 Å². The van der Waals surface area contributed by atoms with Crippen LogP contribution in [0.25, 0.3) is 0 Å². The van der Waals surface area contributed by atoms with Gasteiger partial charge in [-0.15, -0.1) is 0 Å². The zero-order chi connectivity index (χ0) is 14.7. The molecule has 0 fully saturated rings. The maximum atomic E-state index is 13.4. The zero-order valence-electron chi connectivity index (χ0n) is 10.1. The number of aromatic nitrogens is 2. The highest BCUT2D eigenvalue weighted by Gasteiger charge is 2.21. The number of alkyl halides is 2. The number of carboxylic acids is 1. The Balaban J connectivity index is 2.37. The first-order valence-corrected chi connectivity index (χ1v) is 5.59. The lowest BCUT2D eigenvalue weighted by molar-refractivity contribution is 0.0681. The quantitative estimate of drug-likeness (QED) is 0.936. The Morgan fingerprint density at radius 3 is 2.60 bits per heavy atom. The van der Waals surface area contributed by atoms with Crippen LogP contribution >= 0.6 is 0 Å². The van der Waals surface area contributed by atoms with Crippen LogP contribution in [0.5, 0.6) is 0 Å². The van der Waals surface area contributed by atoms with E-state index in [2.05, 4.69) is 9.97 Å². The van der Waals surface area contributed by atoms with Crippen LogP contribution in [0.4, 0.5) is 13.2 Å². The Hall–Kier alpha value is -2.44. The monoisotopic (exact) mass is 282 g/mol. The summed E-state index contributed by atoms with van der Waals surface area (Å²) in [7, 11) is 0. The summed E-state index contributed by atoms with van der Waals surface area (Å²) in [6.45, 7) is 0. The fourth-order valence-corrected chi connectivity index (χ4v) is 1.66. The van der Waals surface area contributed by atoms with E-state index in [4.69, 9.17) is 5.11 Å². The second kappa shape index (κ2) is 5.68. The van der Waals surface area contributed by atoms with E-state index < -0.39 is 29.5 Å². The molecule has 20 heavy (non-hydrogen) atoms. The third kappa shape index (κ3) is 2.93. The topological polar surface area (TPSA) is 63.1 Å². The minimum absolute atomic E-state index is 0.0598. The van der Waals surface area contributed by atoms with Crippen LogP contribution < -0.4 is 0 Å². The largest absolute Gasteiger partial charge is 0.478 e. The fourth-order valence-electron chi connectivity index (χ4n) is 1.66. The first-order chi connectivity index (χ1) is 9.49. The Morgan fingerprint density at radius 1 is 1.30 bits per heavy atom. The fraction of sp³-hybridized carbons (Fsp3) is 0.154. The number of rotatable bonds is 4. The molecule has 7 heteroatoms. The molecule has 0 aliphatic rings. The summed E-state index contributed by atoms with van der Waals surface area (Å²) in [4.78, 5) is 18.0. The number of hydrogen-bond donors (Lipinski definition) is 1. The van der Waals surface area contributed by atoms with Crippen molar-refractivity contribution in [2.45, 2.75) is 12.8 Å². The second-order valence-electron chi connectivity index (χ2n) is 3.96. The minimum Gasteiger partial charge on any atom is -0.478 e. The summed E-state index contributed by atoms with van der Waals surface area (Å²) in [5.41, 5.74) is -1.27. The van der Waals surface area contributed by atoms with Crippen LogP contribution in [0, 0.1) is 5.82 Å². The molecule has 0 saturated heterocycles. The van der Waals surface area contributed by atoms with Gasteiger partial charge in [-0.2, -0.15) is 0 Å². The maximum Gasteiger partial charge on any atom is 0.339 e. The highest BCUT2D eigenvalue weighted by atomic mass is 19.3. The lowest BCUT2D eigenvalue weighted by atomic mass is 10.1. The van der Waals surface area contributed by atoms with Crippen molar-refractivity contribution in [2.24, 2.45) is 0 Å². The normalized spacial score (nSPS) is 10.8. The molecule has 0 radical (unpaired) electrons. The van der Waals surface area contributed by atoms with Gasteiger partial charge in [-0.25, -0.2) is 27.9 Å². The van der Waals surface area contributed by atoms with E-state index in [1.165, 1.54) is 18.2 Å². The van der Waals surface area contributed by atoms with Gasteiger partial charge in [0.2, 0.25) is 0 Å². The van der Waals surface area contributed by atoms with Gasteiger partial charge >= 0.3 is 5.97 Å². The molecule has 2 rings (SSSR count). The standard InChI is InChI=1S/C13H9F3N2O2/c14-9-4-2-1-3-7(9)5-10-17-6-8(13(19)20)11(18-10)12(15)16/h1-4,6,12H,5H2,(H,19,20). The number of nitrogens with zero attached hydrogens (tertiary/aromatic N) is 2. The molecule has 4 nitrogen and oxygen atoms in total. The smallest absolute Gasteiger partial charge is 0.339 e. The SMILES string of the molecule is O=C(O)c1cnc(Cc2ccccc2F)nc1C(F)F. The molecule has 0 bridgehead atoms. The predicted octanol–water partition coefficient (Wildman–Crippen LogP) is 2.84. The van der Waals surface area contributed by atoms with Gasteiger partial charge in [0.25, 0.3) is 6.43 Å². The minimum atomic E-state index is -3.04. The van der Waals surface area contributed by atoms with E-state index in [1.807, 2.05) is 0 Å². The molecular formula is C13H9F3N2O2. The second-order valence-corrected chi connectivity index (χ2v) is 3.96. The number of carbonyl (C=O) groups is 1. The molecule has 2 aromatic rings. The van der Waals surface area contributed by atoms with Gasteiger partial charge in [0, 0.05) is 12.6 Å². The van der Waals surface area contributed by atoms with Gasteiger partial charge in [0.1, 0.15) is 22.9 Å². The van der Waals surface area contributed by atoms with Crippen LogP contribution in [0.2, 0.25) is 0 Å². The van der Waals surface area contributed by atoms with Crippen LogP contribution in [0.3, 0.4) is 0 Å². The van der Waals surface area contributed by atoms with Crippen molar-refractivity contribution >= 4 is 5.97 Å². The van der Waals surface area contributed by atoms with Crippen LogP contribution in [0.15, 0.2) is 30.5 Å². The first kappa shape index (κ1) is 14.0. The third-order valence-corrected chi connectivity index (χ3v) is 2.61. The van der Waals surface area contributed by atoms with Gasteiger partial charge in [0.05, 0.1) is 0 Å². The summed E-state index contributed by atoms with van der Waals surface area (Å²) < 4.78 is 39.0. The summed E-state index contributed by atoms with van der Waals surface area (Å²) in [5, 5.41) is 8.77. The molecule has 0 unspecified atom stereocenters. The third-order valence-electron chi connectivity index (χ3n) is 2.61. The van der Waals surface area contributed by atoms with Gasteiger partial charge < -0.3 is 5.11 Å². The molecule has 0 spiro atoms. The lowest BCUT2D eigenvalue weighted by Crippen LogP contribution is -2.10. The van der Waals surface area contributed by atoms with Crippen LogP contribution in [0.1, 0.15) is 33.9 Å². The van der Waals surface area contributed by atoms with Crippen molar-refractivity contribution in [1.29, 1.82) is 0 Å². The number of halogens is 3. The van der Waals surface area contributed by atoms with Gasteiger partial charge in [-0.05, 0) is 11.6 Å². The Kier molecular flexibility index (Phi) is 3.97. The molecular weight excluding hydrogens is 273 g/mol.